The fourth-order valence-electron chi connectivity index (χ4n) is 2.11. The predicted octanol–water partition coefficient (Wildman–Crippen LogP) is 2.71. The summed E-state index contributed by atoms with van der Waals surface area (Å²) in [6, 6.07) is 7.32. The molecule has 0 fully saturated rings. The summed E-state index contributed by atoms with van der Waals surface area (Å²) >= 11 is 0. The highest BCUT2D eigenvalue weighted by atomic mass is 16.7. The van der Waals surface area contributed by atoms with Crippen molar-refractivity contribution in [2.24, 2.45) is 5.16 Å². The summed E-state index contributed by atoms with van der Waals surface area (Å²) in [4.78, 5) is 28.9. The van der Waals surface area contributed by atoms with E-state index >= 15 is 0 Å². The van der Waals surface area contributed by atoms with Crippen LogP contribution in [-0.2, 0) is 19.1 Å². The van der Waals surface area contributed by atoms with E-state index in [1.165, 1.54) is 11.1 Å². The molecule has 0 radical (unpaired) electrons. The summed E-state index contributed by atoms with van der Waals surface area (Å²) in [6.45, 7) is 8.72. The minimum Gasteiger partial charge on any atom is -0.459 e. The van der Waals surface area contributed by atoms with Crippen LogP contribution in [0.2, 0.25) is 0 Å². The van der Waals surface area contributed by atoms with Crippen molar-refractivity contribution in [3.8, 4) is 0 Å². The van der Waals surface area contributed by atoms with Gasteiger partial charge in [0.05, 0.1) is 12.2 Å². The van der Waals surface area contributed by atoms with Crippen molar-refractivity contribution in [3.05, 3.63) is 42.5 Å². The maximum absolute atomic E-state index is 12.3. The third-order valence-electron chi connectivity index (χ3n) is 3.13. The number of benzene rings is 1. The summed E-state index contributed by atoms with van der Waals surface area (Å²) in [6.07, 6.45) is 0.927. The topological polar surface area (TPSA) is 89.5 Å². The number of rotatable bonds is 5. The van der Waals surface area contributed by atoms with Gasteiger partial charge in [-0.05, 0) is 26.8 Å². The van der Waals surface area contributed by atoms with Gasteiger partial charge in [-0.3, -0.25) is 5.43 Å². The maximum atomic E-state index is 12.3. The number of esters is 1. The van der Waals surface area contributed by atoms with Gasteiger partial charge < -0.3 is 14.3 Å². The Kier molecular flexibility index (Phi) is 6.21. The zero-order chi connectivity index (χ0) is 19.2. The first kappa shape index (κ1) is 19.3. The second-order valence-corrected chi connectivity index (χ2v) is 6.51. The molecule has 1 heterocycles. The lowest BCUT2D eigenvalue weighted by Gasteiger charge is -2.32. The van der Waals surface area contributed by atoms with E-state index in [9.17, 15) is 9.59 Å². The second kappa shape index (κ2) is 8.37. The van der Waals surface area contributed by atoms with Gasteiger partial charge in [0.2, 0.25) is 6.61 Å². The molecule has 0 aromatic heterocycles. The summed E-state index contributed by atoms with van der Waals surface area (Å²) < 4.78 is 10.2. The number of nitrogens with zero attached hydrogens (tertiary/aromatic N) is 2. The number of ether oxygens (including phenoxy) is 2. The fraction of sp³-hybridized carbons (Fsp3) is 0.389. The van der Waals surface area contributed by atoms with Gasteiger partial charge in [0.1, 0.15) is 17.9 Å². The van der Waals surface area contributed by atoms with Crippen LogP contribution in [-0.4, -0.2) is 48.1 Å². The third-order valence-corrected chi connectivity index (χ3v) is 3.13. The zero-order valence-corrected chi connectivity index (χ0v) is 15.2. The number of fused-ring (bicyclic) bond motifs is 1. The van der Waals surface area contributed by atoms with Gasteiger partial charge in [-0.15, -0.1) is 0 Å². The molecule has 1 aliphatic heterocycles. The number of nitrogens with one attached hydrogen (secondary N) is 1. The van der Waals surface area contributed by atoms with E-state index in [1.807, 2.05) is 18.2 Å². The highest BCUT2D eigenvalue weighted by Crippen LogP contribution is 2.23. The van der Waals surface area contributed by atoms with Gasteiger partial charge >= 0.3 is 12.1 Å². The van der Waals surface area contributed by atoms with Crippen LogP contribution in [0.4, 0.5) is 10.5 Å². The van der Waals surface area contributed by atoms with Crippen LogP contribution in [0.15, 0.2) is 42.1 Å². The Bertz CT molecular complexity index is 709. The molecule has 1 aromatic carbocycles. The van der Waals surface area contributed by atoms with Crippen LogP contribution in [0, 0.1) is 0 Å². The predicted molar refractivity (Wildman–Crippen MR) is 96.6 cm³/mol. The molecule has 0 bridgehead atoms. The van der Waals surface area contributed by atoms with Crippen LogP contribution < -0.4 is 5.43 Å². The van der Waals surface area contributed by atoms with E-state index in [4.69, 9.17) is 14.3 Å². The van der Waals surface area contributed by atoms with E-state index in [2.05, 4.69) is 17.2 Å². The van der Waals surface area contributed by atoms with E-state index in [1.54, 1.807) is 26.8 Å². The van der Waals surface area contributed by atoms with Crippen molar-refractivity contribution >= 4 is 23.5 Å². The Balaban J connectivity index is 2.11. The average Bonchev–Trinajstić information content (AvgIpc) is 2.58. The van der Waals surface area contributed by atoms with Gasteiger partial charge in [-0.25, -0.2) is 14.6 Å². The van der Waals surface area contributed by atoms with Gasteiger partial charge in [0.15, 0.2) is 0 Å². The molecule has 1 amide bonds. The highest BCUT2D eigenvalue weighted by Gasteiger charge is 2.29. The number of hydrazine groups is 1. The van der Waals surface area contributed by atoms with Crippen molar-refractivity contribution in [1.29, 1.82) is 0 Å². The van der Waals surface area contributed by atoms with E-state index in [0.29, 0.717) is 11.4 Å². The van der Waals surface area contributed by atoms with E-state index in [-0.39, 0.29) is 19.8 Å². The van der Waals surface area contributed by atoms with Crippen molar-refractivity contribution in [2.75, 3.05) is 25.2 Å². The quantitative estimate of drug-likeness (QED) is 0.493. The fourth-order valence-corrected chi connectivity index (χ4v) is 2.11. The SMILES string of the molecule is C=CCOC(=O)CON=C1CN(C(=O)OC(C)(C)C)Nc2ccccc21. The summed E-state index contributed by atoms with van der Waals surface area (Å²) in [5, 5.41) is 5.30. The van der Waals surface area contributed by atoms with Crippen LogP contribution >= 0.6 is 0 Å². The van der Waals surface area contributed by atoms with Crippen LogP contribution in [0.1, 0.15) is 26.3 Å². The molecule has 1 aliphatic rings. The van der Waals surface area contributed by atoms with Crippen LogP contribution in [0.3, 0.4) is 0 Å². The Labute approximate surface area is 152 Å². The second-order valence-electron chi connectivity index (χ2n) is 6.51. The van der Waals surface area contributed by atoms with Crippen molar-refractivity contribution < 1.29 is 23.9 Å². The normalized spacial score (nSPS) is 14.9. The Morgan fingerprint density at radius 2 is 2.08 bits per heavy atom. The Morgan fingerprint density at radius 1 is 1.35 bits per heavy atom. The minimum atomic E-state index is -0.627. The van der Waals surface area contributed by atoms with Gasteiger partial charge in [0.25, 0.3) is 0 Å². The molecular formula is C18H23N3O5. The molecule has 0 saturated carbocycles. The molecule has 0 aliphatic carbocycles. The van der Waals surface area contributed by atoms with E-state index < -0.39 is 17.7 Å². The first-order valence-corrected chi connectivity index (χ1v) is 8.12. The molecule has 0 spiro atoms. The number of anilines is 1. The molecular weight excluding hydrogens is 338 g/mol. The number of para-hydroxylation sites is 1. The molecule has 26 heavy (non-hydrogen) atoms. The number of oxime groups is 1. The summed E-state index contributed by atoms with van der Waals surface area (Å²) in [5.41, 5.74) is 4.31. The Morgan fingerprint density at radius 3 is 2.77 bits per heavy atom. The van der Waals surface area contributed by atoms with Crippen LogP contribution in [0.5, 0.6) is 0 Å². The monoisotopic (exact) mass is 361 g/mol. The molecule has 1 aromatic rings. The molecule has 1 N–H and O–H groups in total. The molecule has 140 valence electrons. The lowest BCUT2D eigenvalue weighted by atomic mass is 10.1. The molecule has 0 saturated heterocycles. The number of hydrogen-bond acceptors (Lipinski definition) is 7. The third kappa shape index (κ3) is 5.51. The Hall–Kier alpha value is -3.03. The van der Waals surface area contributed by atoms with Crippen molar-refractivity contribution in [3.63, 3.8) is 0 Å². The molecule has 2 rings (SSSR count). The minimum absolute atomic E-state index is 0.109. The number of hydrogen-bond donors (Lipinski definition) is 1. The summed E-state index contributed by atoms with van der Waals surface area (Å²) in [7, 11) is 0. The van der Waals surface area contributed by atoms with Gasteiger partial charge in [-0.1, -0.05) is 36.0 Å². The highest BCUT2D eigenvalue weighted by molar-refractivity contribution is 6.08. The first-order chi connectivity index (χ1) is 12.3. The van der Waals surface area contributed by atoms with Crippen molar-refractivity contribution in [1.82, 2.24) is 5.01 Å². The van der Waals surface area contributed by atoms with E-state index in [0.717, 1.165) is 5.56 Å². The largest absolute Gasteiger partial charge is 0.459 e. The first-order valence-electron chi connectivity index (χ1n) is 8.12. The maximum Gasteiger partial charge on any atom is 0.429 e. The lowest BCUT2D eigenvalue weighted by Crippen LogP contribution is -2.46. The van der Waals surface area contributed by atoms with Crippen LogP contribution in [0.25, 0.3) is 0 Å². The average molecular weight is 361 g/mol. The standard InChI is InChI=1S/C18H23N3O5/c1-5-10-24-16(22)12-25-20-15-11-21(17(23)26-18(2,3)4)19-14-9-7-6-8-13(14)15/h5-9,19H,1,10-12H2,2-4H3. The number of carbonyl (C=O) groups is 2. The molecule has 0 unspecified atom stereocenters. The summed E-state index contributed by atoms with van der Waals surface area (Å²) in [5.74, 6) is -0.555. The molecule has 8 nitrogen and oxygen atoms in total. The van der Waals surface area contributed by atoms with Gasteiger partial charge in [0, 0.05) is 5.56 Å². The van der Waals surface area contributed by atoms with Gasteiger partial charge in [-0.2, -0.15) is 0 Å². The molecule has 0 atom stereocenters. The lowest BCUT2D eigenvalue weighted by molar-refractivity contribution is -0.147. The smallest absolute Gasteiger partial charge is 0.429 e. The number of carbonyl (C=O) groups excluding carboxylic acids is 2. The van der Waals surface area contributed by atoms with Crippen molar-refractivity contribution in [2.45, 2.75) is 26.4 Å². The zero-order valence-electron chi connectivity index (χ0n) is 15.2. The molecule has 8 heteroatoms. The number of amides is 1.